The highest BCUT2D eigenvalue weighted by Gasteiger charge is 2.24. The normalized spacial score (nSPS) is 15.5. The van der Waals surface area contributed by atoms with Crippen molar-refractivity contribution in [2.45, 2.75) is 57.2 Å². The standard InChI is InChI=1S/C25H28N3O4PS/c1-16-10-19(18-6-5-17-7-9-32-15-20(17)11-18)12-23(33)22(16)14-24(29)27-34(30,31)25-13-21-4-2-3-8-28(21)26-25/h5-6,10-13H,2-4,7-9,14-15,33H2,1H3,(H,27,29). The number of aromatic nitrogens is 2. The molecule has 3 heterocycles. The fraction of sp³-hybridized carbons (Fsp3) is 0.360. The average Bonchev–Trinajstić information content (AvgIpc) is 3.26. The summed E-state index contributed by atoms with van der Waals surface area (Å²) in [5, 5.41) is 4.97. The number of carbonyl (C=O) groups is 1. The quantitative estimate of drug-likeness (QED) is 0.548. The van der Waals surface area contributed by atoms with E-state index in [0.29, 0.717) is 13.2 Å². The largest absolute Gasteiger partial charge is 0.376 e. The van der Waals surface area contributed by atoms with Crippen LogP contribution in [-0.4, -0.2) is 30.7 Å². The predicted molar refractivity (Wildman–Crippen MR) is 134 cm³/mol. The molecule has 2 aliphatic rings. The zero-order valence-corrected chi connectivity index (χ0v) is 21.1. The lowest BCUT2D eigenvalue weighted by atomic mass is 9.94. The molecule has 178 valence electrons. The molecule has 34 heavy (non-hydrogen) atoms. The summed E-state index contributed by atoms with van der Waals surface area (Å²) >= 11 is 0. The predicted octanol–water partition coefficient (Wildman–Crippen LogP) is 2.82. The number of carbonyl (C=O) groups excluding carboxylic acids is 1. The van der Waals surface area contributed by atoms with Gasteiger partial charge >= 0.3 is 0 Å². The van der Waals surface area contributed by atoms with Gasteiger partial charge in [-0.1, -0.05) is 18.2 Å². The van der Waals surface area contributed by atoms with Gasteiger partial charge < -0.3 is 4.74 Å². The first-order chi connectivity index (χ1) is 16.3. The molecule has 0 spiro atoms. The zero-order valence-electron chi connectivity index (χ0n) is 19.1. The first-order valence-corrected chi connectivity index (χ1v) is 13.6. The molecule has 7 nitrogen and oxygen atoms in total. The molecule has 1 amide bonds. The average molecular weight is 498 g/mol. The van der Waals surface area contributed by atoms with Gasteiger partial charge in [-0.15, -0.1) is 9.24 Å². The van der Waals surface area contributed by atoms with Crippen LogP contribution < -0.4 is 10.0 Å². The van der Waals surface area contributed by atoms with E-state index >= 15 is 0 Å². The number of nitrogens with one attached hydrogen (secondary N) is 1. The van der Waals surface area contributed by atoms with Gasteiger partial charge in [0.2, 0.25) is 5.91 Å². The molecule has 0 saturated carbocycles. The second kappa shape index (κ2) is 9.25. The number of rotatable bonds is 5. The van der Waals surface area contributed by atoms with E-state index in [1.807, 2.05) is 19.1 Å². The number of nitrogens with zero attached hydrogens (tertiary/aromatic N) is 2. The van der Waals surface area contributed by atoms with Crippen LogP contribution in [0.3, 0.4) is 0 Å². The van der Waals surface area contributed by atoms with Crippen molar-refractivity contribution in [1.29, 1.82) is 0 Å². The van der Waals surface area contributed by atoms with E-state index in [9.17, 15) is 13.2 Å². The van der Waals surface area contributed by atoms with Gasteiger partial charge in [-0.05, 0) is 83.4 Å². The molecule has 0 radical (unpaired) electrons. The molecule has 2 aromatic carbocycles. The summed E-state index contributed by atoms with van der Waals surface area (Å²) in [5.74, 6) is -0.573. The number of aryl methyl sites for hydroxylation is 3. The minimum Gasteiger partial charge on any atom is -0.376 e. The Balaban J connectivity index is 1.33. The summed E-state index contributed by atoms with van der Waals surface area (Å²) in [4.78, 5) is 12.7. The third-order valence-corrected chi connectivity index (χ3v) is 8.34. The van der Waals surface area contributed by atoms with Gasteiger partial charge in [0.15, 0.2) is 5.03 Å². The van der Waals surface area contributed by atoms with E-state index in [4.69, 9.17) is 4.74 Å². The van der Waals surface area contributed by atoms with Crippen molar-refractivity contribution in [1.82, 2.24) is 14.5 Å². The van der Waals surface area contributed by atoms with Crippen molar-refractivity contribution in [2.75, 3.05) is 6.61 Å². The number of ether oxygens (including phenoxy) is 1. The zero-order chi connectivity index (χ0) is 23.9. The third-order valence-electron chi connectivity index (χ3n) is 6.57. The van der Waals surface area contributed by atoms with Crippen LogP contribution in [0.25, 0.3) is 11.1 Å². The van der Waals surface area contributed by atoms with Crippen LogP contribution in [0.4, 0.5) is 0 Å². The van der Waals surface area contributed by atoms with Crippen molar-refractivity contribution >= 4 is 30.5 Å². The number of hydrogen-bond donors (Lipinski definition) is 1. The number of benzene rings is 2. The number of hydrogen-bond acceptors (Lipinski definition) is 5. The van der Waals surface area contributed by atoms with Crippen molar-refractivity contribution in [3.05, 3.63) is 64.3 Å². The van der Waals surface area contributed by atoms with Gasteiger partial charge in [0.25, 0.3) is 10.0 Å². The van der Waals surface area contributed by atoms with Gasteiger partial charge in [-0.2, -0.15) is 13.5 Å². The highest BCUT2D eigenvalue weighted by Crippen LogP contribution is 2.27. The second-order valence-corrected chi connectivity index (χ2v) is 11.3. The molecular weight excluding hydrogens is 469 g/mol. The van der Waals surface area contributed by atoms with Crippen LogP contribution in [0.5, 0.6) is 0 Å². The summed E-state index contributed by atoms with van der Waals surface area (Å²) in [7, 11) is -1.33. The Kier molecular flexibility index (Phi) is 6.32. The van der Waals surface area contributed by atoms with E-state index in [0.717, 1.165) is 65.5 Å². The van der Waals surface area contributed by atoms with Crippen LogP contribution >= 0.6 is 9.24 Å². The summed E-state index contributed by atoms with van der Waals surface area (Å²) in [6.45, 7) is 4.04. The Hall–Kier alpha value is -2.54. The Morgan fingerprint density at radius 2 is 1.97 bits per heavy atom. The summed E-state index contributed by atoms with van der Waals surface area (Å²) in [5.41, 5.74) is 7.31. The third kappa shape index (κ3) is 4.67. The smallest absolute Gasteiger partial charge is 0.283 e. The molecule has 5 rings (SSSR count). The van der Waals surface area contributed by atoms with Crippen molar-refractivity contribution in [2.24, 2.45) is 0 Å². The maximum absolute atomic E-state index is 12.8. The number of fused-ring (bicyclic) bond motifs is 2. The molecule has 0 fully saturated rings. The molecule has 1 atom stereocenters. The minimum atomic E-state index is -4.01. The maximum atomic E-state index is 12.8. The first kappa shape index (κ1) is 23.2. The Morgan fingerprint density at radius 1 is 1.12 bits per heavy atom. The van der Waals surface area contributed by atoms with Gasteiger partial charge in [0, 0.05) is 18.3 Å². The van der Waals surface area contributed by atoms with E-state index in [1.54, 1.807) is 10.7 Å². The van der Waals surface area contributed by atoms with Crippen LogP contribution in [0, 0.1) is 6.92 Å². The van der Waals surface area contributed by atoms with Gasteiger partial charge in [0.05, 0.1) is 19.6 Å². The Labute approximate surface area is 202 Å². The number of sulfonamides is 1. The molecule has 1 N–H and O–H groups in total. The molecule has 9 heteroatoms. The van der Waals surface area contributed by atoms with Crippen molar-refractivity contribution in [3.63, 3.8) is 0 Å². The van der Waals surface area contributed by atoms with Crippen LogP contribution in [0.1, 0.15) is 40.8 Å². The molecule has 0 bridgehead atoms. The minimum absolute atomic E-state index is 0.0320. The Morgan fingerprint density at radius 3 is 2.76 bits per heavy atom. The molecule has 2 aliphatic heterocycles. The molecule has 0 aliphatic carbocycles. The fourth-order valence-electron chi connectivity index (χ4n) is 4.72. The first-order valence-electron chi connectivity index (χ1n) is 11.5. The fourth-order valence-corrected chi connectivity index (χ4v) is 6.21. The lowest BCUT2D eigenvalue weighted by molar-refractivity contribution is -0.118. The lowest BCUT2D eigenvalue weighted by Crippen LogP contribution is -2.33. The van der Waals surface area contributed by atoms with E-state index < -0.39 is 15.9 Å². The highest BCUT2D eigenvalue weighted by atomic mass is 32.2. The SMILES string of the molecule is Cc1cc(-c2ccc3c(c2)COCC3)cc(P)c1CC(=O)NS(=O)(=O)c1cc2n(n1)CCCC2. The molecule has 0 saturated heterocycles. The van der Waals surface area contributed by atoms with Crippen molar-refractivity contribution in [3.8, 4) is 11.1 Å². The monoisotopic (exact) mass is 497 g/mol. The molecule has 1 unspecified atom stereocenters. The Bertz CT molecular complexity index is 1330. The maximum Gasteiger partial charge on any atom is 0.283 e. The van der Waals surface area contributed by atoms with E-state index in [1.165, 1.54) is 11.1 Å². The van der Waals surface area contributed by atoms with Crippen molar-refractivity contribution < 1.29 is 17.9 Å². The van der Waals surface area contributed by atoms with E-state index in [-0.39, 0.29) is 11.4 Å². The van der Waals surface area contributed by atoms with E-state index in [2.05, 4.69) is 37.3 Å². The topological polar surface area (TPSA) is 90.3 Å². The van der Waals surface area contributed by atoms with Crippen LogP contribution in [-0.2, 0) is 52.0 Å². The summed E-state index contributed by atoms with van der Waals surface area (Å²) < 4.78 is 35.0. The molecular formula is C25H28N3O4PS. The molecule has 3 aromatic rings. The van der Waals surface area contributed by atoms with Crippen LogP contribution in [0.2, 0.25) is 0 Å². The second-order valence-electron chi connectivity index (χ2n) is 9.01. The van der Waals surface area contributed by atoms with Gasteiger partial charge in [-0.25, -0.2) is 4.72 Å². The highest BCUT2D eigenvalue weighted by molar-refractivity contribution is 7.90. The van der Waals surface area contributed by atoms with Gasteiger partial charge in [0.1, 0.15) is 0 Å². The number of amides is 1. The lowest BCUT2D eigenvalue weighted by Gasteiger charge is -2.18. The summed E-state index contributed by atoms with van der Waals surface area (Å²) in [6, 6.07) is 12.1. The summed E-state index contributed by atoms with van der Waals surface area (Å²) in [6.07, 6.45) is 3.70. The van der Waals surface area contributed by atoms with Gasteiger partial charge in [-0.3, -0.25) is 9.48 Å². The molecule has 1 aromatic heterocycles. The van der Waals surface area contributed by atoms with Crippen LogP contribution in [0.15, 0.2) is 41.4 Å².